The molecule has 0 spiro atoms. The van der Waals surface area contributed by atoms with Gasteiger partial charge in [-0.3, -0.25) is 10.1 Å². The highest BCUT2D eigenvalue weighted by Gasteiger charge is 2.21. The summed E-state index contributed by atoms with van der Waals surface area (Å²) in [6.45, 7) is 1.75. The van der Waals surface area contributed by atoms with E-state index in [2.05, 4.69) is 25.9 Å². The highest BCUT2D eigenvalue weighted by atomic mass is 16.5. The smallest absolute Gasteiger partial charge is 0.269 e. The molecule has 100 valence electrons. The van der Waals surface area contributed by atoms with Gasteiger partial charge in [0.25, 0.3) is 11.9 Å². The first-order chi connectivity index (χ1) is 8.75. The Bertz CT molecular complexity index is 360. The SMILES string of the molecule is CC(OC1CCCCCC1)C(=O)Nc1nn[nH]n1. The summed E-state index contributed by atoms with van der Waals surface area (Å²) in [5.74, 6) is -0.0584. The zero-order valence-electron chi connectivity index (χ0n) is 10.6. The lowest BCUT2D eigenvalue weighted by atomic mass is 10.1. The van der Waals surface area contributed by atoms with Gasteiger partial charge in [0.15, 0.2) is 0 Å². The van der Waals surface area contributed by atoms with Crippen LogP contribution in [0.1, 0.15) is 45.4 Å². The maximum absolute atomic E-state index is 11.8. The number of carbonyl (C=O) groups excluding carboxylic acids is 1. The molecular weight excluding hydrogens is 234 g/mol. The van der Waals surface area contributed by atoms with Crippen molar-refractivity contribution in [3.8, 4) is 0 Å². The quantitative estimate of drug-likeness (QED) is 0.788. The van der Waals surface area contributed by atoms with Crippen LogP contribution in [0.15, 0.2) is 0 Å². The van der Waals surface area contributed by atoms with Gasteiger partial charge < -0.3 is 4.74 Å². The van der Waals surface area contributed by atoms with Crippen LogP contribution in [0.5, 0.6) is 0 Å². The first kappa shape index (κ1) is 12.9. The van der Waals surface area contributed by atoms with Crippen LogP contribution in [-0.2, 0) is 9.53 Å². The molecule has 18 heavy (non-hydrogen) atoms. The van der Waals surface area contributed by atoms with Crippen LogP contribution < -0.4 is 5.32 Å². The minimum atomic E-state index is -0.494. The first-order valence-electron chi connectivity index (χ1n) is 6.45. The average molecular weight is 253 g/mol. The van der Waals surface area contributed by atoms with E-state index in [1.165, 1.54) is 25.7 Å². The third kappa shape index (κ3) is 3.76. The number of hydrogen-bond acceptors (Lipinski definition) is 5. The zero-order chi connectivity index (χ0) is 12.8. The van der Waals surface area contributed by atoms with Crippen molar-refractivity contribution < 1.29 is 9.53 Å². The molecule has 1 fully saturated rings. The Hall–Kier alpha value is -1.50. The second-order valence-electron chi connectivity index (χ2n) is 4.62. The van der Waals surface area contributed by atoms with Gasteiger partial charge in [-0.25, -0.2) is 0 Å². The summed E-state index contributed by atoms with van der Waals surface area (Å²) in [7, 11) is 0. The van der Waals surface area contributed by atoms with E-state index in [0.717, 1.165) is 12.8 Å². The fourth-order valence-corrected chi connectivity index (χ4v) is 2.16. The van der Waals surface area contributed by atoms with E-state index in [1.807, 2.05) is 0 Å². The van der Waals surface area contributed by atoms with Crippen LogP contribution in [0.25, 0.3) is 0 Å². The summed E-state index contributed by atoms with van der Waals surface area (Å²) in [6, 6.07) is 0. The summed E-state index contributed by atoms with van der Waals surface area (Å²) < 4.78 is 5.78. The van der Waals surface area contributed by atoms with Gasteiger partial charge in [0.05, 0.1) is 6.10 Å². The summed E-state index contributed by atoms with van der Waals surface area (Å²) in [5, 5.41) is 15.5. The molecule has 1 saturated carbocycles. The largest absolute Gasteiger partial charge is 0.365 e. The van der Waals surface area contributed by atoms with Gasteiger partial charge in [-0.05, 0) is 25.0 Å². The summed E-state index contributed by atoms with van der Waals surface area (Å²) in [6.07, 6.45) is 6.69. The fraction of sp³-hybridized carbons (Fsp3) is 0.818. The number of amides is 1. The zero-order valence-corrected chi connectivity index (χ0v) is 10.6. The molecule has 0 radical (unpaired) electrons. The van der Waals surface area contributed by atoms with Crippen molar-refractivity contribution in [1.82, 2.24) is 20.6 Å². The number of aromatic nitrogens is 4. The molecule has 1 aliphatic carbocycles. The van der Waals surface area contributed by atoms with Crippen molar-refractivity contribution in [1.29, 1.82) is 0 Å². The molecule has 0 aliphatic heterocycles. The molecule has 1 amide bonds. The number of aromatic amines is 1. The number of hydrogen-bond donors (Lipinski definition) is 2. The number of carbonyl (C=O) groups is 1. The molecule has 2 N–H and O–H groups in total. The second kappa shape index (κ2) is 6.44. The number of ether oxygens (including phenoxy) is 1. The van der Waals surface area contributed by atoms with E-state index < -0.39 is 6.10 Å². The van der Waals surface area contributed by atoms with Crippen molar-refractivity contribution in [2.75, 3.05) is 5.32 Å². The van der Waals surface area contributed by atoms with Crippen LogP contribution in [0, 0.1) is 0 Å². The minimum absolute atomic E-state index is 0.177. The topological polar surface area (TPSA) is 92.8 Å². The van der Waals surface area contributed by atoms with Crippen LogP contribution in [0.2, 0.25) is 0 Å². The Balaban J connectivity index is 1.79. The van der Waals surface area contributed by atoms with Crippen molar-refractivity contribution in [3.05, 3.63) is 0 Å². The molecule has 0 bridgehead atoms. The molecule has 1 aromatic heterocycles. The molecule has 1 atom stereocenters. The van der Waals surface area contributed by atoms with Crippen LogP contribution in [0.3, 0.4) is 0 Å². The lowest BCUT2D eigenvalue weighted by Gasteiger charge is -2.19. The molecule has 1 aromatic rings. The Morgan fingerprint density at radius 2 is 2.11 bits per heavy atom. The molecule has 7 nitrogen and oxygen atoms in total. The monoisotopic (exact) mass is 253 g/mol. The van der Waals surface area contributed by atoms with Crippen LogP contribution >= 0.6 is 0 Å². The van der Waals surface area contributed by atoms with Gasteiger partial charge in [0.1, 0.15) is 6.10 Å². The lowest BCUT2D eigenvalue weighted by Crippen LogP contribution is -2.32. The van der Waals surface area contributed by atoms with E-state index >= 15 is 0 Å². The predicted molar refractivity (Wildman–Crippen MR) is 64.8 cm³/mol. The number of anilines is 1. The Morgan fingerprint density at radius 3 is 2.72 bits per heavy atom. The maximum Gasteiger partial charge on any atom is 0.269 e. The second-order valence-corrected chi connectivity index (χ2v) is 4.62. The van der Waals surface area contributed by atoms with Crippen molar-refractivity contribution in [2.45, 2.75) is 57.7 Å². The molecule has 1 unspecified atom stereocenters. The van der Waals surface area contributed by atoms with Crippen molar-refractivity contribution >= 4 is 11.9 Å². The first-order valence-corrected chi connectivity index (χ1v) is 6.45. The summed E-state index contributed by atoms with van der Waals surface area (Å²) >= 11 is 0. The van der Waals surface area contributed by atoms with E-state index in [0.29, 0.717) is 0 Å². The number of rotatable bonds is 4. The van der Waals surface area contributed by atoms with Gasteiger partial charge in [0, 0.05) is 0 Å². The minimum Gasteiger partial charge on any atom is -0.365 e. The van der Waals surface area contributed by atoms with Crippen LogP contribution in [0.4, 0.5) is 5.95 Å². The average Bonchev–Trinajstić information content (AvgIpc) is 2.72. The Kier molecular flexibility index (Phi) is 4.63. The van der Waals surface area contributed by atoms with E-state index in [9.17, 15) is 4.79 Å². The summed E-state index contributed by atoms with van der Waals surface area (Å²) in [4.78, 5) is 11.8. The third-order valence-corrected chi connectivity index (χ3v) is 3.15. The van der Waals surface area contributed by atoms with Gasteiger partial charge in [-0.15, -0.1) is 5.10 Å². The molecular formula is C11H19N5O2. The fourth-order valence-electron chi connectivity index (χ4n) is 2.16. The molecule has 1 heterocycles. The van der Waals surface area contributed by atoms with E-state index in [4.69, 9.17) is 4.74 Å². The summed E-state index contributed by atoms with van der Waals surface area (Å²) in [5.41, 5.74) is 0. The third-order valence-electron chi connectivity index (χ3n) is 3.15. The number of H-pyrrole nitrogens is 1. The van der Waals surface area contributed by atoms with E-state index in [1.54, 1.807) is 6.92 Å². The van der Waals surface area contributed by atoms with E-state index in [-0.39, 0.29) is 18.0 Å². The standard InChI is InChI=1S/C11H19N5O2/c1-8(10(17)12-11-13-15-16-14-11)18-9-6-4-2-3-5-7-9/h8-9H,2-7H2,1H3,(H2,12,13,14,15,16,17). The number of tetrazole rings is 1. The highest BCUT2D eigenvalue weighted by molar-refractivity contribution is 5.92. The molecule has 7 heteroatoms. The number of nitrogens with one attached hydrogen (secondary N) is 2. The van der Waals surface area contributed by atoms with Gasteiger partial charge in [0.2, 0.25) is 0 Å². The molecule has 0 saturated heterocycles. The Morgan fingerprint density at radius 1 is 1.39 bits per heavy atom. The Labute approximate surface area is 106 Å². The number of nitrogens with zero attached hydrogens (tertiary/aromatic N) is 3. The van der Waals surface area contributed by atoms with Crippen LogP contribution in [-0.4, -0.2) is 38.7 Å². The highest BCUT2D eigenvalue weighted by Crippen LogP contribution is 2.21. The molecule has 0 aromatic carbocycles. The predicted octanol–water partition coefficient (Wildman–Crippen LogP) is 1.27. The molecule has 2 rings (SSSR count). The van der Waals surface area contributed by atoms with Gasteiger partial charge in [-0.1, -0.05) is 30.8 Å². The van der Waals surface area contributed by atoms with Crippen molar-refractivity contribution in [3.63, 3.8) is 0 Å². The normalized spacial score (nSPS) is 19.2. The van der Waals surface area contributed by atoms with Gasteiger partial charge in [-0.2, -0.15) is 5.21 Å². The molecule has 1 aliphatic rings. The maximum atomic E-state index is 11.8. The van der Waals surface area contributed by atoms with Gasteiger partial charge >= 0.3 is 0 Å². The van der Waals surface area contributed by atoms with Crippen molar-refractivity contribution in [2.24, 2.45) is 0 Å². The lowest BCUT2D eigenvalue weighted by molar-refractivity contribution is -0.130.